The van der Waals surface area contributed by atoms with Crippen LogP contribution in [0.15, 0.2) is 47.6 Å². The van der Waals surface area contributed by atoms with Gasteiger partial charge in [-0.2, -0.15) is 5.10 Å². The smallest absolute Gasteiger partial charge is 0.271 e. The molecule has 0 bridgehead atoms. The third-order valence-corrected chi connectivity index (χ3v) is 5.34. The Morgan fingerprint density at radius 1 is 1.31 bits per heavy atom. The zero-order valence-corrected chi connectivity index (χ0v) is 18.2. The lowest BCUT2D eigenvalue weighted by Gasteiger charge is -2.43. The van der Waals surface area contributed by atoms with Crippen LogP contribution in [0.25, 0.3) is 5.57 Å². The molecule has 1 heterocycles. The second kappa shape index (κ2) is 8.29. The number of allylic oxidation sites excluding steroid dienone is 1. The zero-order chi connectivity index (χ0) is 21.2. The van der Waals surface area contributed by atoms with Crippen molar-refractivity contribution >= 4 is 35.0 Å². The van der Waals surface area contributed by atoms with Crippen molar-refractivity contribution in [3.63, 3.8) is 0 Å². The number of benzene rings is 2. The Hall–Kier alpha value is -2.79. The second-order valence-corrected chi connectivity index (χ2v) is 7.98. The van der Waals surface area contributed by atoms with Crippen molar-refractivity contribution in [3.8, 4) is 5.75 Å². The minimum absolute atomic E-state index is 0.0720. The molecule has 2 aromatic rings. The quantitative estimate of drug-likeness (QED) is 0.547. The lowest BCUT2D eigenvalue weighted by Crippen LogP contribution is -2.44. The molecular weight excluding hydrogens is 386 g/mol. The van der Waals surface area contributed by atoms with Gasteiger partial charge in [-0.3, -0.25) is 4.79 Å². The van der Waals surface area contributed by atoms with E-state index >= 15 is 0 Å². The number of hydrogen-bond donors (Lipinski definition) is 1. The van der Waals surface area contributed by atoms with Gasteiger partial charge in [0.15, 0.2) is 0 Å². The number of nitrogens with zero attached hydrogens (tertiary/aromatic N) is 2. The molecule has 0 radical (unpaired) electrons. The van der Waals surface area contributed by atoms with Crippen LogP contribution in [0, 0.1) is 0 Å². The zero-order valence-electron chi connectivity index (χ0n) is 17.4. The van der Waals surface area contributed by atoms with E-state index in [9.17, 15) is 4.79 Å². The molecule has 152 valence electrons. The van der Waals surface area contributed by atoms with Gasteiger partial charge in [0.05, 0.1) is 18.9 Å². The number of anilines is 1. The molecule has 0 aromatic heterocycles. The van der Waals surface area contributed by atoms with Crippen LogP contribution in [0.1, 0.15) is 49.2 Å². The third-order valence-electron chi connectivity index (χ3n) is 5.10. The normalized spacial score (nSPS) is 15.1. The van der Waals surface area contributed by atoms with Crippen LogP contribution in [0.2, 0.25) is 5.02 Å². The number of carbonyl (C=O) groups is 1. The number of likely N-dealkylation sites (N-methyl/N-ethyl adjacent to an activating group) is 1. The van der Waals surface area contributed by atoms with Crippen LogP contribution in [0.5, 0.6) is 5.75 Å². The van der Waals surface area contributed by atoms with Gasteiger partial charge in [-0.25, -0.2) is 5.43 Å². The van der Waals surface area contributed by atoms with Gasteiger partial charge in [0.1, 0.15) is 5.75 Å². The van der Waals surface area contributed by atoms with Gasteiger partial charge in [0.2, 0.25) is 0 Å². The molecule has 29 heavy (non-hydrogen) atoms. The van der Waals surface area contributed by atoms with Crippen molar-refractivity contribution in [3.05, 3.63) is 64.2 Å². The summed E-state index contributed by atoms with van der Waals surface area (Å²) in [7, 11) is 1.64. The van der Waals surface area contributed by atoms with Crippen molar-refractivity contribution in [1.29, 1.82) is 0 Å². The molecule has 0 unspecified atom stereocenters. The minimum Gasteiger partial charge on any atom is -0.496 e. The van der Waals surface area contributed by atoms with E-state index in [4.69, 9.17) is 16.3 Å². The van der Waals surface area contributed by atoms with Gasteiger partial charge >= 0.3 is 0 Å². The summed E-state index contributed by atoms with van der Waals surface area (Å²) in [6.45, 7) is 9.55. The summed E-state index contributed by atoms with van der Waals surface area (Å²) in [5, 5.41) is 4.62. The molecule has 3 rings (SSSR count). The topological polar surface area (TPSA) is 53.9 Å². The first-order valence-electron chi connectivity index (χ1n) is 9.55. The first-order chi connectivity index (χ1) is 13.8. The number of rotatable bonds is 5. The fraction of sp³-hybridized carbons (Fsp3) is 0.304. The Bertz CT molecular complexity index is 996. The highest BCUT2D eigenvalue weighted by Gasteiger charge is 2.31. The lowest BCUT2D eigenvalue weighted by atomic mass is 9.88. The fourth-order valence-electron chi connectivity index (χ4n) is 3.83. The van der Waals surface area contributed by atoms with E-state index in [1.54, 1.807) is 37.6 Å². The van der Waals surface area contributed by atoms with Gasteiger partial charge in [-0.05, 0) is 57.5 Å². The van der Waals surface area contributed by atoms with Crippen LogP contribution in [0.4, 0.5) is 5.69 Å². The predicted octanol–water partition coefficient (Wildman–Crippen LogP) is 5.13. The highest BCUT2D eigenvalue weighted by atomic mass is 35.5. The van der Waals surface area contributed by atoms with Crippen LogP contribution in [-0.4, -0.2) is 31.3 Å². The number of halogens is 1. The number of methoxy groups -OCH3 is 1. The molecule has 1 aliphatic rings. The maximum Gasteiger partial charge on any atom is 0.271 e. The predicted molar refractivity (Wildman–Crippen MR) is 120 cm³/mol. The Balaban J connectivity index is 1.90. The summed E-state index contributed by atoms with van der Waals surface area (Å²) in [6.07, 6.45) is 3.87. The molecule has 1 aliphatic heterocycles. The van der Waals surface area contributed by atoms with Crippen LogP contribution in [-0.2, 0) is 0 Å². The Labute approximate surface area is 177 Å². The van der Waals surface area contributed by atoms with Crippen molar-refractivity contribution in [1.82, 2.24) is 5.43 Å². The summed E-state index contributed by atoms with van der Waals surface area (Å²) < 4.78 is 5.60. The summed E-state index contributed by atoms with van der Waals surface area (Å²) in [4.78, 5) is 14.6. The molecule has 2 aromatic carbocycles. The van der Waals surface area contributed by atoms with E-state index < -0.39 is 0 Å². The minimum atomic E-state index is -0.323. The lowest BCUT2D eigenvalue weighted by molar-refractivity contribution is 0.0955. The van der Waals surface area contributed by atoms with E-state index in [1.165, 1.54) is 5.57 Å². The molecule has 6 heteroatoms. The third kappa shape index (κ3) is 4.30. The van der Waals surface area contributed by atoms with Gasteiger partial charge in [-0.1, -0.05) is 23.7 Å². The molecular formula is C23H26ClN3O2. The van der Waals surface area contributed by atoms with E-state index in [-0.39, 0.29) is 11.4 Å². The molecule has 0 aliphatic carbocycles. The van der Waals surface area contributed by atoms with Crippen LogP contribution >= 0.6 is 11.6 Å². The Kier molecular flexibility index (Phi) is 5.99. The van der Waals surface area contributed by atoms with Crippen molar-refractivity contribution in [2.45, 2.75) is 33.2 Å². The van der Waals surface area contributed by atoms with Crippen molar-refractivity contribution < 1.29 is 9.53 Å². The summed E-state index contributed by atoms with van der Waals surface area (Å²) in [5.74, 6) is 0.379. The number of nitrogens with one attached hydrogen (secondary N) is 1. The average Bonchev–Trinajstić information content (AvgIpc) is 2.67. The van der Waals surface area contributed by atoms with E-state index in [0.29, 0.717) is 16.3 Å². The largest absolute Gasteiger partial charge is 0.496 e. The van der Waals surface area contributed by atoms with Gasteiger partial charge < -0.3 is 9.64 Å². The van der Waals surface area contributed by atoms with Gasteiger partial charge in [0.25, 0.3) is 5.91 Å². The fourth-order valence-corrected chi connectivity index (χ4v) is 4.02. The Morgan fingerprint density at radius 3 is 2.72 bits per heavy atom. The number of amides is 1. The number of hydrogen-bond acceptors (Lipinski definition) is 4. The summed E-state index contributed by atoms with van der Waals surface area (Å²) >= 11 is 5.94. The molecule has 0 saturated carbocycles. The first-order valence-corrected chi connectivity index (χ1v) is 9.93. The van der Waals surface area contributed by atoms with Gasteiger partial charge in [-0.15, -0.1) is 0 Å². The molecule has 0 atom stereocenters. The first kappa shape index (κ1) is 20.9. The maximum atomic E-state index is 12.2. The molecule has 0 saturated heterocycles. The monoisotopic (exact) mass is 411 g/mol. The molecule has 0 spiro atoms. The van der Waals surface area contributed by atoms with E-state index in [1.807, 2.05) is 12.1 Å². The highest BCUT2D eigenvalue weighted by molar-refractivity contribution is 6.30. The SMILES string of the molecule is CCN1c2cc(OC)c(/C=N\NC(=O)c3cccc(Cl)c3)cc2C(C)=CC1(C)C. The van der Waals surface area contributed by atoms with E-state index in [2.05, 4.69) is 49.2 Å². The van der Waals surface area contributed by atoms with E-state index in [0.717, 1.165) is 23.4 Å². The molecule has 0 fully saturated rings. The number of fused-ring (bicyclic) bond motifs is 1. The summed E-state index contributed by atoms with van der Waals surface area (Å²) in [6, 6.07) is 10.8. The average molecular weight is 412 g/mol. The molecule has 1 N–H and O–H groups in total. The number of hydrazone groups is 1. The molecule has 5 nitrogen and oxygen atoms in total. The standard InChI is InChI=1S/C23H26ClN3O2/c1-6-27-20-12-21(29-5)17(11-19(20)15(2)13-23(27,3)4)14-25-26-22(28)16-8-7-9-18(24)10-16/h7-14H,6H2,1-5H3,(H,26,28)/b25-14-. The summed E-state index contributed by atoms with van der Waals surface area (Å²) in [5.41, 5.74) is 7.18. The van der Waals surface area contributed by atoms with Gasteiger partial charge in [0, 0.05) is 40.0 Å². The number of carbonyl (C=O) groups excluding carboxylic acids is 1. The van der Waals surface area contributed by atoms with Crippen LogP contribution < -0.4 is 15.1 Å². The van der Waals surface area contributed by atoms with Crippen molar-refractivity contribution in [2.24, 2.45) is 5.10 Å². The second-order valence-electron chi connectivity index (χ2n) is 7.55. The van der Waals surface area contributed by atoms with Crippen LogP contribution in [0.3, 0.4) is 0 Å². The highest BCUT2D eigenvalue weighted by Crippen LogP contribution is 2.41. The Morgan fingerprint density at radius 2 is 2.07 bits per heavy atom. The molecule has 1 amide bonds. The van der Waals surface area contributed by atoms with Crippen molar-refractivity contribution in [2.75, 3.05) is 18.6 Å². The maximum absolute atomic E-state index is 12.2. The number of ether oxygens (including phenoxy) is 1.